The molecule has 2 aromatic rings. The molecule has 5 nitrogen and oxygen atoms in total. The second-order valence-corrected chi connectivity index (χ2v) is 5.44. The molecule has 1 heterocycles. The summed E-state index contributed by atoms with van der Waals surface area (Å²) in [4.78, 5) is 15.4. The summed E-state index contributed by atoms with van der Waals surface area (Å²) in [6.07, 6.45) is 4.01. The van der Waals surface area contributed by atoms with Gasteiger partial charge in [-0.2, -0.15) is 0 Å². The predicted molar refractivity (Wildman–Crippen MR) is 80.7 cm³/mol. The average molecular weight is 286 g/mol. The Labute approximate surface area is 123 Å². The molecule has 0 bridgehead atoms. The highest BCUT2D eigenvalue weighted by Crippen LogP contribution is 2.31. The topological polar surface area (TPSA) is 71.5 Å². The van der Waals surface area contributed by atoms with Gasteiger partial charge in [0, 0.05) is 17.6 Å². The minimum Gasteiger partial charge on any atom is -0.497 e. The normalized spacial score (nSPS) is 21.4. The van der Waals surface area contributed by atoms with Crippen LogP contribution in [0.1, 0.15) is 19.3 Å². The number of carboxylic acids is 1. The van der Waals surface area contributed by atoms with E-state index in [1.807, 2.05) is 24.3 Å². The molecule has 0 aliphatic heterocycles. The van der Waals surface area contributed by atoms with Crippen LogP contribution in [0.25, 0.3) is 10.8 Å². The molecule has 5 heteroatoms. The monoisotopic (exact) mass is 286 g/mol. The van der Waals surface area contributed by atoms with E-state index in [0.29, 0.717) is 6.42 Å². The maximum Gasteiger partial charge on any atom is 0.306 e. The summed E-state index contributed by atoms with van der Waals surface area (Å²) in [7, 11) is 1.64. The number of pyridine rings is 1. The molecule has 1 fully saturated rings. The zero-order valence-electron chi connectivity index (χ0n) is 11.9. The predicted octanol–water partition coefficient (Wildman–Crippen LogP) is 2.91. The standard InChI is InChI=1S/C16H18N2O3/c1-21-13-4-5-14-10(9-13)6-7-17-15(14)18-12-3-2-11(8-12)16(19)20/h4-7,9,11-12H,2-3,8H2,1H3,(H,17,18)(H,19,20)/t11-,12+/m1/s1. The number of carboxylic acid groups (broad SMARTS) is 1. The number of carbonyl (C=O) groups is 1. The molecule has 21 heavy (non-hydrogen) atoms. The van der Waals surface area contributed by atoms with Gasteiger partial charge in [0.1, 0.15) is 11.6 Å². The Bertz CT molecular complexity index is 672. The molecule has 1 aromatic heterocycles. The van der Waals surface area contributed by atoms with Crippen molar-refractivity contribution in [3.05, 3.63) is 30.5 Å². The Kier molecular flexibility index (Phi) is 3.64. The van der Waals surface area contributed by atoms with Gasteiger partial charge >= 0.3 is 5.97 Å². The number of rotatable bonds is 4. The fourth-order valence-corrected chi connectivity index (χ4v) is 2.93. The summed E-state index contributed by atoms with van der Waals surface area (Å²) in [5.74, 6) is 0.685. The summed E-state index contributed by atoms with van der Waals surface area (Å²) >= 11 is 0. The number of nitrogens with one attached hydrogen (secondary N) is 1. The largest absolute Gasteiger partial charge is 0.497 e. The Balaban J connectivity index is 1.83. The van der Waals surface area contributed by atoms with Gasteiger partial charge in [0.05, 0.1) is 13.0 Å². The van der Waals surface area contributed by atoms with E-state index in [0.717, 1.165) is 35.2 Å². The highest BCUT2D eigenvalue weighted by atomic mass is 16.5. The molecule has 0 unspecified atom stereocenters. The fraction of sp³-hybridized carbons (Fsp3) is 0.375. The van der Waals surface area contributed by atoms with Crippen molar-refractivity contribution in [1.82, 2.24) is 4.98 Å². The molecule has 0 spiro atoms. The Morgan fingerprint density at radius 3 is 2.95 bits per heavy atom. The van der Waals surface area contributed by atoms with Gasteiger partial charge in [-0.05, 0) is 48.9 Å². The van der Waals surface area contributed by atoms with E-state index in [1.54, 1.807) is 13.3 Å². The van der Waals surface area contributed by atoms with E-state index in [-0.39, 0.29) is 12.0 Å². The van der Waals surface area contributed by atoms with Crippen molar-refractivity contribution in [2.24, 2.45) is 5.92 Å². The zero-order valence-corrected chi connectivity index (χ0v) is 11.9. The van der Waals surface area contributed by atoms with Crippen LogP contribution in [0.2, 0.25) is 0 Å². The number of hydrogen-bond acceptors (Lipinski definition) is 4. The second-order valence-electron chi connectivity index (χ2n) is 5.44. The summed E-state index contributed by atoms with van der Waals surface area (Å²) in [5, 5.41) is 14.5. The maximum atomic E-state index is 11.0. The number of aromatic nitrogens is 1. The van der Waals surface area contributed by atoms with Crippen molar-refractivity contribution >= 4 is 22.6 Å². The number of fused-ring (bicyclic) bond motifs is 1. The lowest BCUT2D eigenvalue weighted by Crippen LogP contribution is -2.18. The maximum absolute atomic E-state index is 11.0. The molecule has 1 saturated carbocycles. The zero-order chi connectivity index (χ0) is 14.8. The molecule has 110 valence electrons. The Hall–Kier alpha value is -2.30. The first-order chi connectivity index (χ1) is 10.2. The van der Waals surface area contributed by atoms with Gasteiger partial charge in [0.25, 0.3) is 0 Å². The minimum absolute atomic E-state index is 0.173. The Morgan fingerprint density at radius 1 is 1.38 bits per heavy atom. The van der Waals surface area contributed by atoms with E-state index in [2.05, 4.69) is 10.3 Å². The number of methoxy groups -OCH3 is 1. The molecule has 0 radical (unpaired) electrons. The van der Waals surface area contributed by atoms with Gasteiger partial charge in [0.15, 0.2) is 0 Å². The number of hydrogen-bond donors (Lipinski definition) is 2. The molecular weight excluding hydrogens is 268 g/mol. The quantitative estimate of drug-likeness (QED) is 0.904. The van der Waals surface area contributed by atoms with E-state index < -0.39 is 5.97 Å². The van der Waals surface area contributed by atoms with Crippen LogP contribution in [-0.2, 0) is 4.79 Å². The number of nitrogens with zero attached hydrogens (tertiary/aromatic N) is 1. The van der Waals surface area contributed by atoms with E-state index in [9.17, 15) is 4.79 Å². The molecule has 1 aromatic carbocycles. The first-order valence-electron chi connectivity index (χ1n) is 7.09. The molecule has 2 atom stereocenters. The summed E-state index contributed by atoms with van der Waals surface area (Å²) in [5.41, 5.74) is 0. The fourth-order valence-electron chi connectivity index (χ4n) is 2.93. The summed E-state index contributed by atoms with van der Waals surface area (Å²) in [6, 6.07) is 7.97. The molecule has 0 amide bonds. The van der Waals surface area contributed by atoms with Gasteiger partial charge in [0.2, 0.25) is 0 Å². The van der Waals surface area contributed by atoms with Crippen LogP contribution in [0.4, 0.5) is 5.82 Å². The van der Waals surface area contributed by atoms with Crippen molar-refractivity contribution in [2.75, 3.05) is 12.4 Å². The highest BCUT2D eigenvalue weighted by molar-refractivity contribution is 5.92. The van der Waals surface area contributed by atoms with Crippen LogP contribution >= 0.6 is 0 Å². The van der Waals surface area contributed by atoms with Crippen molar-refractivity contribution in [3.63, 3.8) is 0 Å². The van der Waals surface area contributed by atoms with Crippen LogP contribution < -0.4 is 10.1 Å². The summed E-state index contributed by atoms with van der Waals surface area (Å²) < 4.78 is 5.23. The molecule has 2 N–H and O–H groups in total. The van der Waals surface area contributed by atoms with Crippen LogP contribution in [0.5, 0.6) is 5.75 Å². The first-order valence-corrected chi connectivity index (χ1v) is 7.09. The number of benzene rings is 1. The van der Waals surface area contributed by atoms with Gasteiger partial charge in [-0.1, -0.05) is 0 Å². The summed E-state index contributed by atoms with van der Waals surface area (Å²) in [6.45, 7) is 0. The number of anilines is 1. The third kappa shape index (κ3) is 2.77. The van der Waals surface area contributed by atoms with E-state index in [4.69, 9.17) is 9.84 Å². The van der Waals surface area contributed by atoms with Crippen molar-refractivity contribution in [2.45, 2.75) is 25.3 Å². The number of aliphatic carboxylic acids is 1. The van der Waals surface area contributed by atoms with E-state index >= 15 is 0 Å². The Morgan fingerprint density at radius 2 is 2.24 bits per heavy atom. The third-order valence-corrected chi connectivity index (χ3v) is 4.09. The van der Waals surface area contributed by atoms with Crippen molar-refractivity contribution in [3.8, 4) is 5.75 Å². The number of ether oxygens (including phenoxy) is 1. The smallest absolute Gasteiger partial charge is 0.306 e. The van der Waals surface area contributed by atoms with Crippen LogP contribution in [0.15, 0.2) is 30.5 Å². The van der Waals surface area contributed by atoms with Crippen LogP contribution in [-0.4, -0.2) is 29.2 Å². The van der Waals surface area contributed by atoms with Crippen molar-refractivity contribution in [1.29, 1.82) is 0 Å². The minimum atomic E-state index is -0.699. The lowest BCUT2D eigenvalue weighted by molar-refractivity contribution is -0.141. The van der Waals surface area contributed by atoms with Gasteiger partial charge < -0.3 is 15.2 Å². The third-order valence-electron chi connectivity index (χ3n) is 4.09. The first kappa shape index (κ1) is 13.7. The lowest BCUT2D eigenvalue weighted by atomic mass is 10.1. The molecular formula is C16H18N2O3. The van der Waals surface area contributed by atoms with Crippen LogP contribution in [0.3, 0.4) is 0 Å². The van der Waals surface area contributed by atoms with Gasteiger partial charge in [-0.15, -0.1) is 0 Å². The SMILES string of the molecule is COc1ccc2c(N[C@H]3CC[C@@H](C(=O)O)C3)nccc2c1. The molecule has 1 aliphatic rings. The van der Waals surface area contributed by atoms with Gasteiger partial charge in [-0.3, -0.25) is 4.79 Å². The molecule has 1 aliphatic carbocycles. The van der Waals surface area contributed by atoms with Crippen molar-refractivity contribution < 1.29 is 14.6 Å². The van der Waals surface area contributed by atoms with Crippen LogP contribution in [0, 0.1) is 5.92 Å². The highest BCUT2D eigenvalue weighted by Gasteiger charge is 2.29. The molecule has 3 rings (SSSR count). The lowest BCUT2D eigenvalue weighted by Gasteiger charge is -2.15. The van der Waals surface area contributed by atoms with Gasteiger partial charge in [-0.25, -0.2) is 4.98 Å². The second kappa shape index (κ2) is 5.60. The molecule has 0 saturated heterocycles. The van der Waals surface area contributed by atoms with E-state index in [1.165, 1.54) is 0 Å². The average Bonchev–Trinajstić information content (AvgIpc) is 2.96.